The summed E-state index contributed by atoms with van der Waals surface area (Å²) in [5, 5.41) is 4.23. The summed E-state index contributed by atoms with van der Waals surface area (Å²) >= 11 is 0. The van der Waals surface area contributed by atoms with Crippen molar-refractivity contribution >= 4 is 5.91 Å². The van der Waals surface area contributed by atoms with Crippen LogP contribution in [-0.2, 0) is 11.2 Å². The molecule has 1 unspecified atom stereocenters. The molecule has 5 rings (SSSR count). The zero-order valence-corrected chi connectivity index (χ0v) is 17.4. The van der Waals surface area contributed by atoms with E-state index in [2.05, 4.69) is 5.10 Å². The van der Waals surface area contributed by atoms with Crippen LogP contribution in [0.1, 0.15) is 39.9 Å². The molecule has 7 heteroatoms. The molecular formula is C24H24FN3O3. The Hall–Kier alpha value is -3.19. The quantitative estimate of drug-likeness (QED) is 0.627. The molecule has 3 aromatic rings. The molecule has 0 spiro atoms. The molecule has 2 aliphatic heterocycles. The van der Waals surface area contributed by atoms with Crippen LogP contribution < -0.4 is 4.74 Å². The van der Waals surface area contributed by atoms with E-state index in [1.807, 2.05) is 36.5 Å². The monoisotopic (exact) mass is 421 g/mol. The van der Waals surface area contributed by atoms with Crippen molar-refractivity contribution in [2.45, 2.75) is 32.3 Å². The molecule has 31 heavy (non-hydrogen) atoms. The van der Waals surface area contributed by atoms with Crippen molar-refractivity contribution in [3.8, 4) is 11.4 Å². The van der Waals surface area contributed by atoms with Crippen molar-refractivity contribution in [1.29, 1.82) is 0 Å². The molecule has 1 amide bonds. The summed E-state index contributed by atoms with van der Waals surface area (Å²) in [5.74, 6) is -0.597. The summed E-state index contributed by atoms with van der Waals surface area (Å²) in [6, 6.07) is 11.6. The first-order valence-corrected chi connectivity index (χ1v) is 10.5. The molecule has 0 N–H and O–H groups in total. The number of rotatable bonds is 5. The molecule has 1 aromatic heterocycles. The number of carbonyl (C=O) groups excluding carboxylic acids is 1. The predicted octanol–water partition coefficient (Wildman–Crippen LogP) is 3.88. The van der Waals surface area contributed by atoms with E-state index in [0.717, 1.165) is 36.3 Å². The van der Waals surface area contributed by atoms with Crippen molar-refractivity contribution in [2.24, 2.45) is 0 Å². The van der Waals surface area contributed by atoms with Crippen LogP contribution in [0.4, 0.5) is 4.39 Å². The van der Waals surface area contributed by atoms with Gasteiger partial charge in [0.15, 0.2) is 18.3 Å². The van der Waals surface area contributed by atoms with Crippen molar-refractivity contribution in [3.05, 3.63) is 76.9 Å². The Labute approximate surface area is 180 Å². The number of hydrogen-bond donors (Lipinski definition) is 0. The third-order valence-corrected chi connectivity index (χ3v) is 6.00. The van der Waals surface area contributed by atoms with Gasteiger partial charge in [0.25, 0.3) is 5.91 Å². The normalized spacial score (nSPS) is 18.2. The fourth-order valence-corrected chi connectivity index (χ4v) is 4.21. The smallest absolute Gasteiger partial charge is 0.260 e. The number of benzene rings is 2. The number of nitrogens with zero attached hydrogens (tertiary/aromatic N) is 3. The Balaban J connectivity index is 1.39. The van der Waals surface area contributed by atoms with Gasteiger partial charge in [-0.2, -0.15) is 5.10 Å². The Kier molecular flexibility index (Phi) is 5.19. The molecule has 1 saturated heterocycles. The molecule has 2 aliphatic rings. The van der Waals surface area contributed by atoms with Crippen molar-refractivity contribution in [2.75, 3.05) is 19.9 Å². The maximum atomic E-state index is 15.1. The predicted molar refractivity (Wildman–Crippen MR) is 113 cm³/mol. The summed E-state index contributed by atoms with van der Waals surface area (Å²) in [5.41, 5.74) is 3.55. The van der Waals surface area contributed by atoms with Gasteiger partial charge < -0.3 is 14.4 Å². The highest BCUT2D eigenvalue weighted by molar-refractivity contribution is 5.98. The minimum Gasteiger partial charge on any atom is -0.469 e. The Morgan fingerprint density at radius 1 is 1.26 bits per heavy atom. The van der Waals surface area contributed by atoms with Crippen LogP contribution in [0.5, 0.6) is 5.75 Å². The number of halogens is 1. The van der Waals surface area contributed by atoms with Crippen LogP contribution in [0.25, 0.3) is 5.69 Å². The van der Waals surface area contributed by atoms with E-state index in [1.165, 1.54) is 0 Å². The maximum absolute atomic E-state index is 15.1. The minimum atomic E-state index is -0.453. The second-order valence-electron chi connectivity index (χ2n) is 8.08. The van der Waals surface area contributed by atoms with Crippen molar-refractivity contribution in [3.63, 3.8) is 0 Å². The van der Waals surface area contributed by atoms with E-state index in [-0.39, 0.29) is 30.1 Å². The van der Waals surface area contributed by atoms with Crippen LogP contribution in [0.3, 0.4) is 0 Å². The SMILES string of the molecule is Cc1c(Cc2ccc(-n3cccn3)cc2)cc2c(c1F)OCN(CC1CCCO1)C2=O. The zero-order chi connectivity index (χ0) is 21.4. The second kappa shape index (κ2) is 8.15. The van der Waals surface area contributed by atoms with Crippen LogP contribution in [0.15, 0.2) is 48.8 Å². The fourth-order valence-electron chi connectivity index (χ4n) is 4.21. The van der Waals surface area contributed by atoms with Gasteiger partial charge in [-0.15, -0.1) is 0 Å². The molecule has 0 aliphatic carbocycles. The highest BCUT2D eigenvalue weighted by Crippen LogP contribution is 2.34. The molecule has 3 heterocycles. The van der Waals surface area contributed by atoms with Gasteiger partial charge in [-0.1, -0.05) is 12.1 Å². The van der Waals surface area contributed by atoms with E-state index < -0.39 is 5.82 Å². The molecule has 0 radical (unpaired) electrons. The number of carbonyl (C=O) groups is 1. The van der Waals surface area contributed by atoms with Gasteiger partial charge in [0.2, 0.25) is 0 Å². The first-order chi connectivity index (χ1) is 15.1. The molecular weight excluding hydrogens is 397 g/mol. The standard InChI is InChI=1S/C24H24FN3O3/c1-16-18(12-17-5-7-19(8-6-17)28-10-3-9-26-28)13-21-23(22(16)25)31-15-27(24(21)29)14-20-4-2-11-30-20/h3,5-10,13,20H,2,4,11-12,14-15H2,1H3. The molecule has 0 saturated carbocycles. The molecule has 0 bridgehead atoms. The van der Waals surface area contributed by atoms with E-state index in [4.69, 9.17) is 9.47 Å². The molecule has 1 fully saturated rings. The lowest BCUT2D eigenvalue weighted by molar-refractivity contribution is 0.0250. The lowest BCUT2D eigenvalue weighted by Crippen LogP contribution is -2.43. The summed E-state index contributed by atoms with van der Waals surface area (Å²) in [4.78, 5) is 14.7. The summed E-state index contributed by atoms with van der Waals surface area (Å²) in [6.45, 7) is 2.98. The first-order valence-electron chi connectivity index (χ1n) is 10.5. The van der Waals surface area contributed by atoms with Crippen LogP contribution in [0.2, 0.25) is 0 Å². The average Bonchev–Trinajstić information content (AvgIpc) is 3.49. The second-order valence-corrected chi connectivity index (χ2v) is 8.08. The van der Waals surface area contributed by atoms with Gasteiger partial charge in [-0.05, 0) is 67.1 Å². The third kappa shape index (κ3) is 3.81. The van der Waals surface area contributed by atoms with Crippen LogP contribution in [-0.4, -0.2) is 46.6 Å². The van der Waals surface area contributed by atoms with Gasteiger partial charge in [0.1, 0.15) is 0 Å². The fraction of sp³-hybridized carbons (Fsp3) is 0.333. The number of aromatic nitrogens is 2. The number of hydrogen-bond acceptors (Lipinski definition) is 4. The van der Waals surface area contributed by atoms with Crippen molar-refractivity contribution in [1.82, 2.24) is 14.7 Å². The lowest BCUT2D eigenvalue weighted by Gasteiger charge is -2.31. The largest absolute Gasteiger partial charge is 0.469 e. The topological polar surface area (TPSA) is 56.6 Å². The average molecular weight is 421 g/mol. The minimum absolute atomic E-state index is 0.0252. The maximum Gasteiger partial charge on any atom is 0.260 e. The number of fused-ring (bicyclic) bond motifs is 1. The number of ether oxygens (including phenoxy) is 2. The van der Waals surface area contributed by atoms with Crippen molar-refractivity contribution < 1.29 is 18.7 Å². The van der Waals surface area contributed by atoms with Crippen LogP contribution in [0, 0.1) is 12.7 Å². The lowest BCUT2D eigenvalue weighted by atomic mass is 9.96. The van der Waals surface area contributed by atoms with Gasteiger partial charge >= 0.3 is 0 Å². The Morgan fingerprint density at radius 2 is 2.10 bits per heavy atom. The Morgan fingerprint density at radius 3 is 2.81 bits per heavy atom. The van der Waals surface area contributed by atoms with E-state index >= 15 is 4.39 Å². The molecule has 6 nitrogen and oxygen atoms in total. The third-order valence-electron chi connectivity index (χ3n) is 6.00. The van der Waals surface area contributed by atoms with Gasteiger partial charge in [-0.25, -0.2) is 9.07 Å². The zero-order valence-electron chi connectivity index (χ0n) is 17.4. The molecule has 1 atom stereocenters. The summed E-state index contributed by atoms with van der Waals surface area (Å²) in [7, 11) is 0. The molecule has 160 valence electrons. The molecule has 2 aromatic carbocycles. The Bertz CT molecular complexity index is 1090. The number of amides is 1. The van der Waals surface area contributed by atoms with E-state index in [0.29, 0.717) is 18.5 Å². The first kappa shape index (κ1) is 19.8. The van der Waals surface area contributed by atoms with Gasteiger partial charge in [0.05, 0.1) is 23.9 Å². The van der Waals surface area contributed by atoms with Gasteiger partial charge in [-0.3, -0.25) is 4.79 Å². The highest BCUT2D eigenvalue weighted by Gasteiger charge is 2.32. The van der Waals surface area contributed by atoms with Gasteiger partial charge in [0, 0.05) is 19.0 Å². The van der Waals surface area contributed by atoms with E-state index in [1.54, 1.807) is 28.8 Å². The highest BCUT2D eigenvalue weighted by atomic mass is 19.1. The summed E-state index contributed by atoms with van der Waals surface area (Å²) < 4.78 is 28.2. The summed E-state index contributed by atoms with van der Waals surface area (Å²) in [6.07, 6.45) is 6.09. The van der Waals surface area contributed by atoms with E-state index in [9.17, 15) is 4.79 Å². The van der Waals surface area contributed by atoms with Crippen LogP contribution >= 0.6 is 0 Å².